The average molecular weight is 381 g/mol. The number of carbonyl (C=O) groups excluding carboxylic acids is 1. The van der Waals surface area contributed by atoms with Crippen LogP contribution < -0.4 is 25.8 Å². The van der Waals surface area contributed by atoms with Crippen molar-refractivity contribution in [2.24, 2.45) is 0 Å². The first-order valence-electron chi connectivity index (χ1n) is 9.45. The quantitative estimate of drug-likeness (QED) is 0.535. The first-order chi connectivity index (χ1) is 13.6. The van der Waals surface area contributed by atoms with Gasteiger partial charge in [-0.3, -0.25) is 9.78 Å². The summed E-state index contributed by atoms with van der Waals surface area (Å²) in [6.45, 7) is 3.53. The molecular weight excluding hydrogens is 356 g/mol. The Morgan fingerprint density at radius 2 is 2.11 bits per heavy atom. The van der Waals surface area contributed by atoms with Gasteiger partial charge in [0.05, 0.1) is 0 Å². The van der Waals surface area contributed by atoms with Crippen LogP contribution in [0.3, 0.4) is 0 Å². The third-order valence-electron chi connectivity index (χ3n) is 4.96. The molecular formula is C19H25N8O+. The fraction of sp³-hybridized carbons (Fsp3) is 0.368. The second kappa shape index (κ2) is 7.81. The summed E-state index contributed by atoms with van der Waals surface area (Å²) in [4.78, 5) is 28.6. The number of nitrogens with one attached hydrogen (secondary N) is 5. The number of fused-ring (bicyclic) bond motifs is 1. The van der Waals surface area contributed by atoms with Gasteiger partial charge in [0.2, 0.25) is 11.4 Å². The number of rotatable bonds is 5. The highest BCUT2D eigenvalue weighted by molar-refractivity contribution is 5.91. The normalized spacial score (nSPS) is 16.7. The molecule has 1 unspecified atom stereocenters. The first kappa shape index (κ1) is 18.2. The van der Waals surface area contributed by atoms with Gasteiger partial charge in [-0.2, -0.15) is 4.98 Å². The van der Waals surface area contributed by atoms with Gasteiger partial charge in [0.15, 0.2) is 12.1 Å². The Morgan fingerprint density at radius 1 is 1.29 bits per heavy atom. The Morgan fingerprint density at radius 3 is 2.82 bits per heavy atom. The van der Waals surface area contributed by atoms with Crippen LogP contribution in [0.25, 0.3) is 11.2 Å². The number of hydrogen-bond donors (Lipinski definition) is 4. The van der Waals surface area contributed by atoms with Gasteiger partial charge in [-0.25, -0.2) is 4.98 Å². The molecule has 4 rings (SSSR count). The van der Waals surface area contributed by atoms with Crippen LogP contribution in [0.4, 0.5) is 23.1 Å². The van der Waals surface area contributed by atoms with E-state index in [1.54, 1.807) is 25.2 Å². The van der Waals surface area contributed by atoms with Gasteiger partial charge in [0, 0.05) is 37.9 Å². The van der Waals surface area contributed by atoms with Gasteiger partial charge >= 0.3 is 11.6 Å². The van der Waals surface area contributed by atoms with E-state index < -0.39 is 0 Å². The number of carbonyl (C=O) groups is 1. The smallest absolute Gasteiger partial charge is 0.307 e. The SMILES string of the molecule is CC(=O)N(C)c1ccc(Nc2nc(NC3CCCNC3)c3[nH]c[nH+]c3n2)cc1. The van der Waals surface area contributed by atoms with Crippen molar-refractivity contribution < 1.29 is 9.78 Å². The van der Waals surface area contributed by atoms with E-state index in [4.69, 9.17) is 0 Å². The number of aromatic nitrogens is 4. The van der Waals surface area contributed by atoms with Crippen molar-refractivity contribution in [2.75, 3.05) is 35.7 Å². The molecule has 1 aromatic carbocycles. The van der Waals surface area contributed by atoms with E-state index in [-0.39, 0.29) is 5.91 Å². The third-order valence-corrected chi connectivity index (χ3v) is 4.96. The number of piperidine rings is 1. The van der Waals surface area contributed by atoms with Crippen molar-refractivity contribution in [3.8, 4) is 0 Å². The number of anilines is 4. The molecule has 0 spiro atoms. The molecule has 1 amide bonds. The minimum atomic E-state index is -0.00888. The molecule has 5 N–H and O–H groups in total. The van der Waals surface area contributed by atoms with Crippen LogP contribution in [0, 0.1) is 0 Å². The van der Waals surface area contributed by atoms with Gasteiger partial charge < -0.3 is 20.9 Å². The Kier molecular flexibility index (Phi) is 5.07. The molecule has 0 bridgehead atoms. The van der Waals surface area contributed by atoms with E-state index in [1.165, 1.54) is 0 Å². The predicted molar refractivity (Wildman–Crippen MR) is 109 cm³/mol. The number of nitrogens with zero attached hydrogens (tertiary/aromatic N) is 3. The van der Waals surface area contributed by atoms with Gasteiger partial charge in [-0.05, 0) is 43.7 Å². The Bertz CT molecular complexity index is 962. The second-order valence-electron chi connectivity index (χ2n) is 6.99. The van der Waals surface area contributed by atoms with Crippen molar-refractivity contribution in [1.29, 1.82) is 0 Å². The zero-order valence-electron chi connectivity index (χ0n) is 16.0. The number of hydrogen-bond acceptors (Lipinski definition) is 6. The molecule has 9 heteroatoms. The van der Waals surface area contributed by atoms with E-state index in [0.29, 0.717) is 12.0 Å². The van der Waals surface area contributed by atoms with Crippen LogP contribution >= 0.6 is 0 Å². The van der Waals surface area contributed by atoms with E-state index in [1.807, 2.05) is 24.3 Å². The summed E-state index contributed by atoms with van der Waals surface area (Å²) in [7, 11) is 1.75. The number of H-pyrrole nitrogens is 2. The highest BCUT2D eigenvalue weighted by Crippen LogP contribution is 2.23. The molecule has 0 saturated carbocycles. The predicted octanol–water partition coefficient (Wildman–Crippen LogP) is 1.66. The fourth-order valence-electron chi connectivity index (χ4n) is 3.29. The maximum Gasteiger partial charge on any atom is 0.307 e. The molecule has 2 aromatic heterocycles. The molecule has 3 aromatic rings. The first-order valence-corrected chi connectivity index (χ1v) is 9.45. The van der Waals surface area contributed by atoms with Gasteiger partial charge in [-0.15, -0.1) is 0 Å². The van der Waals surface area contributed by atoms with Crippen molar-refractivity contribution >= 4 is 40.2 Å². The standard InChI is InChI=1S/C19H24N8O/c1-12(28)27(2)15-7-5-13(6-8-15)24-19-25-17-16(21-11-22-17)18(26-19)23-14-4-3-9-20-10-14/h5-8,11,14,20H,3-4,9-10H2,1-2H3,(H3,21,22,23,24,25,26)/p+1. The lowest BCUT2D eigenvalue weighted by Gasteiger charge is -2.24. The number of amides is 1. The summed E-state index contributed by atoms with van der Waals surface area (Å²) in [5.41, 5.74) is 3.27. The topological polar surface area (TPSA) is 112 Å². The monoisotopic (exact) mass is 381 g/mol. The average Bonchev–Trinajstić information content (AvgIpc) is 3.18. The van der Waals surface area contributed by atoms with E-state index >= 15 is 0 Å². The van der Waals surface area contributed by atoms with Crippen LogP contribution in [0.5, 0.6) is 0 Å². The number of aromatic amines is 2. The molecule has 1 saturated heterocycles. The molecule has 9 nitrogen and oxygen atoms in total. The molecule has 1 aliphatic heterocycles. The lowest BCUT2D eigenvalue weighted by molar-refractivity contribution is -0.347. The summed E-state index contributed by atoms with van der Waals surface area (Å²) in [6.07, 6.45) is 4.01. The lowest BCUT2D eigenvalue weighted by atomic mass is 10.1. The molecule has 1 fully saturated rings. The summed E-state index contributed by atoms with van der Waals surface area (Å²) in [6, 6.07) is 7.92. The summed E-state index contributed by atoms with van der Waals surface area (Å²) >= 11 is 0. The summed E-state index contributed by atoms with van der Waals surface area (Å²) < 4.78 is 0. The Hall–Kier alpha value is -3.20. The Labute approximate surface area is 163 Å². The van der Waals surface area contributed by atoms with Gasteiger partial charge in [0.25, 0.3) is 0 Å². The van der Waals surface area contributed by atoms with E-state index in [0.717, 1.165) is 54.3 Å². The minimum Gasteiger partial charge on any atom is -0.363 e. The van der Waals surface area contributed by atoms with Gasteiger partial charge in [0.1, 0.15) is 0 Å². The van der Waals surface area contributed by atoms with Crippen molar-refractivity contribution in [1.82, 2.24) is 20.3 Å². The third kappa shape index (κ3) is 3.89. The molecule has 1 atom stereocenters. The zero-order chi connectivity index (χ0) is 19.5. The van der Waals surface area contributed by atoms with Gasteiger partial charge in [-0.1, -0.05) is 4.98 Å². The number of benzene rings is 1. The fourth-order valence-corrected chi connectivity index (χ4v) is 3.29. The Balaban J connectivity index is 1.56. The van der Waals surface area contributed by atoms with Crippen molar-refractivity contribution in [2.45, 2.75) is 25.8 Å². The van der Waals surface area contributed by atoms with E-state index in [9.17, 15) is 4.79 Å². The second-order valence-corrected chi connectivity index (χ2v) is 6.99. The van der Waals surface area contributed by atoms with Crippen LogP contribution in [0.1, 0.15) is 19.8 Å². The molecule has 1 aliphatic rings. The number of imidazole rings is 1. The molecule has 146 valence electrons. The minimum absolute atomic E-state index is 0.00888. The maximum atomic E-state index is 11.5. The summed E-state index contributed by atoms with van der Waals surface area (Å²) in [5, 5.41) is 10.2. The summed E-state index contributed by atoms with van der Waals surface area (Å²) in [5.74, 6) is 1.27. The molecule has 0 radical (unpaired) electrons. The zero-order valence-corrected chi connectivity index (χ0v) is 16.0. The van der Waals surface area contributed by atoms with Crippen LogP contribution in [-0.4, -0.2) is 47.0 Å². The lowest BCUT2D eigenvalue weighted by Crippen LogP contribution is -2.38. The largest absolute Gasteiger partial charge is 0.363 e. The maximum absolute atomic E-state index is 11.5. The van der Waals surface area contributed by atoms with Crippen LogP contribution in [0.2, 0.25) is 0 Å². The highest BCUT2D eigenvalue weighted by atomic mass is 16.2. The van der Waals surface area contributed by atoms with E-state index in [2.05, 4.69) is 35.9 Å². The molecule has 0 aliphatic carbocycles. The molecule has 28 heavy (non-hydrogen) atoms. The van der Waals surface area contributed by atoms with Crippen LogP contribution in [0.15, 0.2) is 30.6 Å². The highest BCUT2D eigenvalue weighted by Gasteiger charge is 2.20. The molecule has 3 heterocycles. The van der Waals surface area contributed by atoms with Crippen LogP contribution in [-0.2, 0) is 4.79 Å². The van der Waals surface area contributed by atoms with Crippen molar-refractivity contribution in [3.63, 3.8) is 0 Å². The van der Waals surface area contributed by atoms with Crippen molar-refractivity contribution in [3.05, 3.63) is 30.6 Å².